The number of esters is 3. The van der Waals surface area contributed by atoms with Crippen molar-refractivity contribution in [3.63, 3.8) is 0 Å². The number of rotatable bonds is 2. The first kappa shape index (κ1) is 24.7. The summed E-state index contributed by atoms with van der Waals surface area (Å²) < 4.78 is 29.5. The fraction of sp³-hybridized carbons (Fsp3) is 0.679. The summed E-state index contributed by atoms with van der Waals surface area (Å²) in [6, 6.07) is 1.75. The van der Waals surface area contributed by atoms with Crippen LogP contribution in [0.1, 0.15) is 66.1 Å². The Kier molecular flexibility index (Phi) is 4.84. The quantitative estimate of drug-likeness (QED) is 0.360. The van der Waals surface area contributed by atoms with Crippen LogP contribution in [0.15, 0.2) is 35.2 Å². The van der Waals surface area contributed by atoms with Gasteiger partial charge in [0.25, 0.3) is 0 Å². The standard InChI is InChI=1S/C28H34O9/c1-14(29)34-16-12-26(5)21(15-8-10-33-13-15)35-23(32)22-28(26,37-22)27(6)18(30)11-17-24(2,3)36-19(31)7-9-25(17,4)20(16)27/h7-10,13,16-18,20-22,30H,11-12H2,1-6H3/t16-,17-,18+,20?,21-,22+,25-,26-,27+,28+/m0/s1. The Bertz CT molecular complexity index is 1200. The highest BCUT2D eigenvalue weighted by atomic mass is 16.7. The zero-order valence-electron chi connectivity index (χ0n) is 22.0. The van der Waals surface area contributed by atoms with E-state index in [1.165, 1.54) is 19.3 Å². The van der Waals surface area contributed by atoms with E-state index in [0.29, 0.717) is 18.4 Å². The summed E-state index contributed by atoms with van der Waals surface area (Å²) in [7, 11) is 0. The van der Waals surface area contributed by atoms with Gasteiger partial charge >= 0.3 is 17.9 Å². The van der Waals surface area contributed by atoms with Crippen LogP contribution in [0.25, 0.3) is 0 Å². The number of cyclic esters (lactones) is 2. The minimum absolute atomic E-state index is 0.285. The lowest BCUT2D eigenvalue weighted by Crippen LogP contribution is -2.75. The Morgan fingerprint density at radius 2 is 1.86 bits per heavy atom. The largest absolute Gasteiger partial charge is 0.472 e. The van der Waals surface area contributed by atoms with Gasteiger partial charge in [0.15, 0.2) is 6.10 Å². The van der Waals surface area contributed by atoms with Gasteiger partial charge in [-0.3, -0.25) is 4.79 Å². The molecule has 2 saturated carbocycles. The molecule has 5 aliphatic rings. The zero-order valence-corrected chi connectivity index (χ0v) is 22.0. The number of allylic oxidation sites excluding steroid dienone is 1. The number of furan rings is 1. The third kappa shape index (κ3) is 2.84. The van der Waals surface area contributed by atoms with Crippen LogP contribution in [0.3, 0.4) is 0 Å². The van der Waals surface area contributed by atoms with Gasteiger partial charge in [-0.25, -0.2) is 9.59 Å². The number of hydrogen-bond acceptors (Lipinski definition) is 9. The second kappa shape index (κ2) is 7.26. The molecule has 3 aliphatic heterocycles. The summed E-state index contributed by atoms with van der Waals surface area (Å²) in [4.78, 5) is 38.3. The van der Waals surface area contributed by atoms with E-state index in [2.05, 4.69) is 0 Å². The summed E-state index contributed by atoms with van der Waals surface area (Å²) in [5.74, 6) is -2.16. The van der Waals surface area contributed by atoms with Crippen molar-refractivity contribution in [3.8, 4) is 0 Å². The molecule has 1 spiro atoms. The number of carbonyl (C=O) groups excluding carboxylic acids is 3. The minimum Gasteiger partial charge on any atom is -0.472 e. The Balaban J connectivity index is 1.59. The lowest BCUT2D eigenvalue weighted by molar-refractivity contribution is -0.281. The van der Waals surface area contributed by atoms with E-state index in [4.69, 9.17) is 23.4 Å². The van der Waals surface area contributed by atoms with Crippen LogP contribution >= 0.6 is 0 Å². The third-order valence-corrected chi connectivity index (χ3v) is 10.5. The van der Waals surface area contributed by atoms with Gasteiger partial charge < -0.3 is 28.5 Å². The molecule has 200 valence electrons. The molecular weight excluding hydrogens is 480 g/mol. The maximum atomic E-state index is 13.3. The monoisotopic (exact) mass is 514 g/mol. The molecule has 2 aliphatic carbocycles. The molecular formula is C28H34O9. The van der Waals surface area contributed by atoms with Crippen LogP contribution in [-0.2, 0) is 33.3 Å². The van der Waals surface area contributed by atoms with Crippen LogP contribution < -0.4 is 0 Å². The maximum Gasteiger partial charge on any atom is 0.339 e. The lowest BCUT2D eigenvalue weighted by atomic mass is 9.36. The summed E-state index contributed by atoms with van der Waals surface area (Å²) in [6.07, 6.45) is 3.79. The fourth-order valence-electron chi connectivity index (χ4n) is 9.23. The molecule has 9 heteroatoms. The van der Waals surface area contributed by atoms with E-state index in [9.17, 15) is 19.5 Å². The van der Waals surface area contributed by atoms with Crippen molar-refractivity contribution in [1.82, 2.24) is 0 Å². The van der Waals surface area contributed by atoms with Gasteiger partial charge in [0, 0.05) is 41.2 Å². The van der Waals surface area contributed by atoms with Gasteiger partial charge in [-0.2, -0.15) is 0 Å². The lowest BCUT2D eigenvalue weighted by Gasteiger charge is -2.68. The van der Waals surface area contributed by atoms with Gasteiger partial charge in [-0.15, -0.1) is 0 Å². The molecule has 1 aromatic heterocycles. The van der Waals surface area contributed by atoms with Crippen LogP contribution in [0.4, 0.5) is 0 Å². The van der Waals surface area contributed by atoms with Crippen molar-refractivity contribution < 1.29 is 42.9 Å². The number of hydrogen-bond donors (Lipinski definition) is 1. The highest BCUT2D eigenvalue weighted by Crippen LogP contribution is 2.79. The third-order valence-electron chi connectivity index (χ3n) is 10.5. The summed E-state index contributed by atoms with van der Waals surface area (Å²) in [6.45, 7) is 11.0. The number of aliphatic hydroxyl groups excluding tert-OH is 1. The predicted octanol–water partition coefficient (Wildman–Crippen LogP) is 3.26. The average Bonchev–Trinajstić information content (AvgIpc) is 3.39. The van der Waals surface area contributed by atoms with E-state index >= 15 is 0 Å². The first-order valence-corrected chi connectivity index (χ1v) is 12.9. The summed E-state index contributed by atoms with van der Waals surface area (Å²) in [5, 5.41) is 12.1. The van der Waals surface area contributed by atoms with Crippen molar-refractivity contribution in [2.24, 2.45) is 28.1 Å². The number of aliphatic hydroxyl groups is 1. The van der Waals surface area contributed by atoms with Crippen LogP contribution in [0.2, 0.25) is 0 Å². The highest BCUT2D eigenvalue weighted by Gasteiger charge is 2.89. The van der Waals surface area contributed by atoms with E-state index in [1.54, 1.807) is 12.3 Å². The molecule has 6 rings (SSSR count). The molecule has 37 heavy (non-hydrogen) atoms. The van der Waals surface area contributed by atoms with Crippen LogP contribution in [0, 0.1) is 28.1 Å². The molecule has 0 radical (unpaired) electrons. The fourth-order valence-corrected chi connectivity index (χ4v) is 9.23. The van der Waals surface area contributed by atoms with Crippen LogP contribution in [0.5, 0.6) is 0 Å². The van der Waals surface area contributed by atoms with E-state index in [-0.39, 0.29) is 5.92 Å². The van der Waals surface area contributed by atoms with Gasteiger partial charge in [0.05, 0.1) is 18.6 Å². The Morgan fingerprint density at radius 3 is 2.51 bits per heavy atom. The smallest absolute Gasteiger partial charge is 0.339 e. The molecule has 4 fully saturated rings. The Morgan fingerprint density at radius 1 is 1.14 bits per heavy atom. The van der Waals surface area contributed by atoms with Crippen molar-refractivity contribution in [2.75, 3.05) is 0 Å². The highest BCUT2D eigenvalue weighted by molar-refractivity contribution is 5.83. The van der Waals surface area contributed by atoms with Gasteiger partial charge in [-0.1, -0.05) is 26.8 Å². The van der Waals surface area contributed by atoms with E-state index < -0.39 is 75.7 Å². The number of ether oxygens (including phenoxy) is 4. The maximum absolute atomic E-state index is 13.3. The number of fused-ring (bicyclic) bond motifs is 3. The van der Waals surface area contributed by atoms with Crippen molar-refractivity contribution in [2.45, 2.75) is 90.0 Å². The Hall–Kier alpha value is -2.65. The predicted molar refractivity (Wildman–Crippen MR) is 127 cm³/mol. The molecule has 0 amide bonds. The first-order valence-electron chi connectivity index (χ1n) is 12.9. The molecule has 4 heterocycles. The van der Waals surface area contributed by atoms with Crippen LogP contribution in [-0.4, -0.2) is 52.5 Å². The average molecular weight is 515 g/mol. The summed E-state index contributed by atoms with van der Waals surface area (Å²) >= 11 is 0. The van der Waals surface area contributed by atoms with Crippen molar-refractivity contribution in [1.29, 1.82) is 0 Å². The van der Waals surface area contributed by atoms with Crippen molar-refractivity contribution >= 4 is 17.9 Å². The first-order chi connectivity index (χ1) is 17.2. The molecule has 10 atom stereocenters. The number of epoxide rings is 1. The van der Waals surface area contributed by atoms with Gasteiger partial charge in [0.1, 0.15) is 23.4 Å². The van der Waals surface area contributed by atoms with E-state index in [0.717, 1.165) is 0 Å². The Labute approximate surface area is 215 Å². The van der Waals surface area contributed by atoms with Crippen molar-refractivity contribution in [3.05, 3.63) is 36.3 Å². The zero-order chi connectivity index (χ0) is 26.8. The molecule has 1 N–H and O–H groups in total. The topological polar surface area (TPSA) is 125 Å². The number of carbonyl (C=O) groups is 3. The molecule has 9 nitrogen and oxygen atoms in total. The molecule has 1 aromatic rings. The van der Waals surface area contributed by atoms with Gasteiger partial charge in [0.2, 0.25) is 0 Å². The second-order valence-corrected chi connectivity index (χ2v) is 12.7. The molecule has 2 saturated heterocycles. The second-order valence-electron chi connectivity index (χ2n) is 12.7. The normalized spacial score (nSPS) is 49.3. The summed E-state index contributed by atoms with van der Waals surface area (Å²) in [5.41, 5.74) is -3.92. The molecule has 1 unspecified atom stereocenters. The molecule has 0 bridgehead atoms. The van der Waals surface area contributed by atoms with Gasteiger partial charge in [-0.05, 0) is 38.2 Å². The minimum atomic E-state index is -1.08. The molecule has 0 aromatic carbocycles. The SMILES string of the molecule is CC(=O)O[C@H]1C[C@@]2(C)[C@H](c3ccoc3)OC(=O)[C@H]3O[C@]32[C@@]2(C)C1[C@@]1(C)C=CC(=O)OC(C)(C)[C@@H]1C[C@H]2O. The van der Waals surface area contributed by atoms with E-state index in [1.807, 2.05) is 40.7 Å².